The van der Waals surface area contributed by atoms with Gasteiger partial charge in [0, 0.05) is 17.3 Å². The van der Waals surface area contributed by atoms with E-state index in [0.717, 1.165) is 0 Å². The SMILES string of the molecule is CC(C)C[C@H](N=Cc1cc(C(=N)N)ccc1O)C(=O)O. The number of aromatic hydroxyl groups is 1. The third-order valence-electron chi connectivity index (χ3n) is 2.71. The Labute approximate surface area is 117 Å². The average Bonchev–Trinajstić information content (AvgIpc) is 2.35. The van der Waals surface area contributed by atoms with Gasteiger partial charge < -0.3 is 15.9 Å². The Bertz CT molecular complexity index is 538. The van der Waals surface area contributed by atoms with Crippen LogP contribution in [-0.4, -0.2) is 34.3 Å². The summed E-state index contributed by atoms with van der Waals surface area (Å²) in [4.78, 5) is 15.1. The van der Waals surface area contributed by atoms with Gasteiger partial charge in [0.15, 0.2) is 0 Å². The molecule has 0 aliphatic rings. The molecule has 0 unspecified atom stereocenters. The lowest BCUT2D eigenvalue weighted by atomic mass is 10.0. The Morgan fingerprint density at radius 2 is 2.15 bits per heavy atom. The number of hydrogen-bond donors (Lipinski definition) is 4. The smallest absolute Gasteiger partial charge is 0.328 e. The number of aliphatic imine (C=N–C) groups is 1. The van der Waals surface area contributed by atoms with Crippen LogP contribution in [0, 0.1) is 11.3 Å². The summed E-state index contributed by atoms with van der Waals surface area (Å²) >= 11 is 0. The Hall–Kier alpha value is -2.37. The molecule has 0 heterocycles. The summed E-state index contributed by atoms with van der Waals surface area (Å²) in [7, 11) is 0. The number of nitrogens with two attached hydrogens (primary N) is 1. The first-order valence-corrected chi connectivity index (χ1v) is 6.24. The fourth-order valence-corrected chi connectivity index (χ4v) is 1.67. The van der Waals surface area contributed by atoms with Crippen LogP contribution >= 0.6 is 0 Å². The quantitative estimate of drug-likeness (QED) is 0.466. The van der Waals surface area contributed by atoms with Crippen LogP contribution in [0.2, 0.25) is 0 Å². The molecule has 20 heavy (non-hydrogen) atoms. The number of hydrogen-bond acceptors (Lipinski definition) is 4. The lowest BCUT2D eigenvalue weighted by molar-refractivity contribution is -0.138. The Balaban J connectivity index is 3.00. The van der Waals surface area contributed by atoms with Gasteiger partial charge in [0.05, 0.1) is 0 Å². The maximum atomic E-state index is 11.1. The van der Waals surface area contributed by atoms with E-state index in [1.807, 2.05) is 13.8 Å². The number of amidine groups is 1. The third-order valence-corrected chi connectivity index (χ3v) is 2.71. The molecule has 5 N–H and O–H groups in total. The van der Waals surface area contributed by atoms with Crippen LogP contribution in [0.15, 0.2) is 23.2 Å². The van der Waals surface area contributed by atoms with E-state index < -0.39 is 12.0 Å². The number of benzene rings is 1. The van der Waals surface area contributed by atoms with E-state index in [1.165, 1.54) is 24.4 Å². The van der Waals surface area contributed by atoms with Crippen LogP contribution in [0.3, 0.4) is 0 Å². The number of nitrogens with zero attached hydrogens (tertiary/aromatic N) is 1. The molecule has 0 saturated heterocycles. The topological polar surface area (TPSA) is 120 Å². The van der Waals surface area contributed by atoms with Crippen LogP contribution in [-0.2, 0) is 4.79 Å². The predicted molar refractivity (Wildman–Crippen MR) is 77.6 cm³/mol. The van der Waals surface area contributed by atoms with Crippen LogP contribution in [0.4, 0.5) is 0 Å². The lowest BCUT2D eigenvalue weighted by Gasteiger charge is -2.10. The van der Waals surface area contributed by atoms with Crippen molar-refractivity contribution in [3.63, 3.8) is 0 Å². The number of aliphatic carboxylic acids is 1. The molecule has 0 spiro atoms. The molecule has 0 radical (unpaired) electrons. The number of carboxylic acids is 1. The average molecular weight is 277 g/mol. The molecule has 0 aliphatic carbocycles. The van der Waals surface area contributed by atoms with Crippen molar-refractivity contribution in [1.82, 2.24) is 0 Å². The minimum atomic E-state index is -1.00. The molecule has 1 aromatic carbocycles. The summed E-state index contributed by atoms with van der Waals surface area (Å²) in [5, 5.41) is 26.1. The highest BCUT2D eigenvalue weighted by Gasteiger charge is 2.17. The molecule has 0 amide bonds. The summed E-state index contributed by atoms with van der Waals surface area (Å²) in [5.74, 6) is -0.966. The summed E-state index contributed by atoms with van der Waals surface area (Å²) in [5.41, 5.74) is 6.15. The molecule has 6 heteroatoms. The number of nitrogen functional groups attached to an aromatic ring is 1. The minimum Gasteiger partial charge on any atom is -0.507 e. The van der Waals surface area contributed by atoms with Crippen molar-refractivity contribution >= 4 is 18.0 Å². The molecular weight excluding hydrogens is 258 g/mol. The molecule has 6 nitrogen and oxygen atoms in total. The van der Waals surface area contributed by atoms with Gasteiger partial charge in [-0.05, 0) is 30.5 Å². The molecular formula is C14H19N3O3. The van der Waals surface area contributed by atoms with Gasteiger partial charge in [-0.25, -0.2) is 4.79 Å². The Morgan fingerprint density at radius 1 is 1.50 bits per heavy atom. The summed E-state index contributed by atoms with van der Waals surface area (Å²) in [6.07, 6.45) is 1.72. The summed E-state index contributed by atoms with van der Waals surface area (Å²) < 4.78 is 0. The Kier molecular flexibility index (Phi) is 5.25. The monoisotopic (exact) mass is 277 g/mol. The van der Waals surface area contributed by atoms with Gasteiger partial charge in [-0.15, -0.1) is 0 Å². The van der Waals surface area contributed by atoms with Crippen molar-refractivity contribution in [2.45, 2.75) is 26.3 Å². The van der Waals surface area contributed by atoms with Crippen LogP contribution in [0.25, 0.3) is 0 Å². The van der Waals surface area contributed by atoms with Crippen molar-refractivity contribution in [2.24, 2.45) is 16.6 Å². The van der Waals surface area contributed by atoms with E-state index in [9.17, 15) is 9.90 Å². The van der Waals surface area contributed by atoms with Crippen LogP contribution in [0.5, 0.6) is 5.75 Å². The number of carboxylic acid groups (broad SMARTS) is 1. The first kappa shape index (κ1) is 15.7. The normalized spacial score (nSPS) is 12.8. The van der Waals surface area contributed by atoms with Crippen LogP contribution < -0.4 is 5.73 Å². The fourth-order valence-electron chi connectivity index (χ4n) is 1.67. The van der Waals surface area contributed by atoms with Crippen LogP contribution in [0.1, 0.15) is 31.4 Å². The highest BCUT2D eigenvalue weighted by atomic mass is 16.4. The van der Waals surface area contributed by atoms with Gasteiger partial charge >= 0.3 is 5.97 Å². The second-order valence-corrected chi connectivity index (χ2v) is 4.95. The molecule has 1 rings (SSSR count). The van der Waals surface area contributed by atoms with Gasteiger partial charge in [-0.1, -0.05) is 13.8 Å². The van der Waals surface area contributed by atoms with Crippen molar-refractivity contribution in [2.75, 3.05) is 0 Å². The third kappa shape index (κ3) is 4.38. The van der Waals surface area contributed by atoms with Crippen molar-refractivity contribution in [3.05, 3.63) is 29.3 Å². The summed E-state index contributed by atoms with van der Waals surface area (Å²) in [6.45, 7) is 3.83. The highest BCUT2D eigenvalue weighted by Crippen LogP contribution is 2.17. The zero-order chi connectivity index (χ0) is 15.3. The summed E-state index contributed by atoms with van der Waals surface area (Å²) in [6, 6.07) is 3.55. The van der Waals surface area contributed by atoms with Crippen molar-refractivity contribution < 1.29 is 15.0 Å². The number of phenols is 1. The molecule has 0 saturated carbocycles. The van der Waals surface area contributed by atoms with Gasteiger partial charge in [0.25, 0.3) is 0 Å². The second kappa shape index (κ2) is 6.70. The van der Waals surface area contributed by atoms with Gasteiger partial charge in [-0.3, -0.25) is 10.4 Å². The zero-order valence-corrected chi connectivity index (χ0v) is 11.5. The van der Waals surface area contributed by atoms with E-state index >= 15 is 0 Å². The van der Waals surface area contributed by atoms with Crippen molar-refractivity contribution in [1.29, 1.82) is 5.41 Å². The minimum absolute atomic E-state index is 0.0348. The molecule has 0 fully saturated rings. The standard InChI is InChI=1S/C14H19N3O3/c1-8(2)5-11(14(19)20)17-7-10-6-9(13(15)16)3-4-12(10)18/h3-4,6-8,11,18H,5H2,1-2H3,(H3,15,16)(H,19,20)/t11-/m0/s1. The van der Waals surface area contributed by atoms with E-state index in [4.69, 9.17) is 16.2 Å². The van der Waals surface area contributed by atoms with E-state index in [2.05, 4.69) is 4.99 Å². The van der Waals surface area contributed by atoms with E-state index in [0.29, 0.717) is 17.5 Å². The van der Waals surface area contributed by atoms with Gasteiger partial charge in [0.2, 0.25) is 0 Å². The lowest BCUT2D eigenvalue weighted by Crippen LogP contribution is -2.20. The number of nitrogens with one attached hydrogen (secondary N) is 1. The second-order valence-electron chi connectivity index (χ2n) is 4.95. The molecule has 0 aromatic heterocycles. The Morgan fingerprint density at radius 3 is 2.65 bits per heavy atom. The maximum absolute atomic E-state index is 11.1. The van der Waals surface area contributed by atoms with Gasteiger partial charge in [0.1, 0.15) is 17.6 Å². The molecule has 108 valence electrons. The molecule has 1 aromatic rings. The maximum Gasteiger partial charge on any atom is 0.328 e. The molecule has 0 bridgehead atoms. The zero-order valence-electron chi connectivity index (χ0n) is 11.5. The largest absolute Gasteiger partial charge is 0.507 e. The fraction of sp³-hybridized carbons (Fsp3) is 0.357. The van der Waals surface area contributed by atoms with Crippen molar-refractivity contribution in [3.8, 4) is 5.75 Å². The first-order valence-electron chi connectivity index (χ1n) is 6.24. The molecule has 0 aliphatic heterocycles. The number of carbonyl (C=O) groups is 1. The van der Waals surface area contributed by atoms with E-state index in [-0.39, 0.29) is 17.5 Å². The van der Waals surface area contributed by atoms with E-state index in [1.54, 1.807) is 0 Å². The highest BCUT2D eigenvalue weighted by molar-refractivity contribution is 5.97. The predicted octanol–water partition coefficient (Wildman–Crippen LogP) is 1.59. The number of rotatable bonds is 6. The van der Waals surface area contributed by atoms with Gasteiger partial charge in [-0.2, -0.15) is 0 Å². The first-order chi connectivity index (χ1) is 9.31. The molecule has 1 atom stereocenters. The number of phenolic OH excluding ortho intramolecular Hbond substituents is 1.